The molecule has 2 heterocycles. The van der Waals surface area contributed by atoms with Gasteiger partial charge in [0.05, 0.1) is 4.47 Å². The number of nitrogens with zero attached hydrogens (tertiary/aromatic N) is 2. The van der Waals surface area contributed by atoms with E-state index in [2.05, 4.69) is 38.2 Å². The minimum absolute atomic E-state index is 0.560. The van der Waals surface area contributed by atoms with Crippen molar-refractivity contribution in [1.29, 1.82) is 0 Å². The maximum Gasteiger partial charge on any atom is 0.142 e. The highest BCUT2D eigenvalue weighted by atomic mass is 79.9. The van der Waals surface area contributed by atoms with E-state index >= 15 is 0 Å². The summed E-state index contributed by atoms with van der Waals surface area (Å²) in [6.07, 6.45) is 4.33. The van der Waals surface area contributed by atoms with E-state index in [1.165, 1.54) is 12.8 Å². The van der Waals surface area contributed by atoms with Crippen LogP contribution in [0.4, 0.5) is 5.82 Å². The van der Waals surface area contributed by atoms with Gasteiger partial charge in [0.2, 0.25) is 0 Å². The molecule has 0 aliphatic carbocycles. The maximum atomic E-state index is 4.40. The fourth-order valence-corrected chi connectivity index (χ4v) is 2.51. The van der Waals surface area contributed by atoms with Gasteiger partial charge in [-0.25, -0.2) is 4.98 Å². The largest absolute Gasteiger partial charge is 0.354 e. The van der Waals surface area contributed by atoms with Crippen LogP contribution in [0.3, 0.4) is 0 Å². The van der Waals surface area contributed by atoms with E-state index in [4.69, 9.17) is 0 Å². The molecule has 2 rings (SSSR count). The third-order valence-corrected chi connectivity index (χ3v) is 3.51. The van der Waals surface area contributed by atoms with Crippen molar-refractivity contribution in [1.82, 2.24) is 10.3 Å². The number of hydrogen-bond donors (Lipinski definition) is 1. The predicted molar refractivity (Wildman–Crippen MR) is 66.2 cm³/mol. The van der Waals surface area contributed by atoms with Gasteiger partial charge in [-0.15, -0.1) is 0 Å². The summed E-state index contributed by atoms with van der Waals surface area (Å²) in [6.45, 7) is 2.20. The molecule has 1 aromatic rings. The first-order valence-corrected chi connectivity index (χ1v) is 6.12. The van der Waals surface area contributed by atoms with Gasteiger partial charge in [-0.3, -0.25) is 0 Å². The van der Waals surface area contributed by atoms with Gasteiger partial charge in [-0.2, -0.15) is 0 Å². The van der Waals surface area contributed by atoms with Crippen LogP contribution >= 0.6 is 15.9 Å². The van der Waals surface area contributed by atoms with E-state index < -0.39 is 0 Å². The number of rotatable bonds is 2. The van der Waals surface area contributed by atoms with Gasteiger partial charge in [0.1, 0.15) is 5.82 Å². The minimum Gasteiger partial charge on any atom is -0.354 e. The molecule has 0 aromatic carbocycles. The van der Waals surface area contributed by atoms with Crippen molar-refractivity contribution in [2.75, 3.05) is 25.0 Å². The second-order valence-electron chi connectivity index (χ2n) is 3.92. The number of piperidine rings is 1. The lowest BCUT2D eigenvalue weighted by Gasteiger charge is -2.32. The molecule has 1 atom stereocenters. The van der Waals surface area contributed by atoms with Gasteiger partial charge >= 0.3 is 0 Å². The zero-order valence-electron chi connectivity index (χ0n) is 8.91. The Balaban J connectivity index is 2.12. The van der Waals surface area contributed by atoms with Gasteiger partial charge in [-0.1, -0.05) is 0 Å². The number of nitrogens with one attached hydrogen (secondary N) is 1. The predicted octanol–water partition coefficient (Wildman–Crippen LogP) is 2.03. The van der Waals surface area contributed by atoms with Crippen LogP contribution in [0.5, 0.6) is 0 Å². The van der Waals surface area contributed by atoms with Crippen LogP contribution in [0.2, 0.25) is 0 Å². The van der Waals surface area contributed by atoms with Crippen molar-refractivity contribution in [2.45, 2.75) is 18.9 Å². The third-order valence-electron chi connectivity index (χ3n) is 2.89. The second kappa shape index (κ2) is 4.94. The lowest BCUT2D eigenvalue weighted by Crippen LogP contribution is -2.44. The Hall–Kier alpha value is -0.610. The van der Waals surface area contributed by atoms with Crippen LogP contribution in [0.1, 0.15) is 12.8 Å². The second-order valence-corrected chi connectivity index (χ2v) is 4.77. The summed E-state index contributed by atoms with van der Waals surface area (Å²) < 4.78 is 1.07. The van der Waals surface area contributed by atoms with E-state index in [1.807, 2.05) is 18.3 Å². The molecule has 1 N–H and O–H groups in total. The molecule has 3 nitrogen and oxygen atoms in total. The standard InChI is InChI=1S/C11H16BrN3/c1-15(9-4-2-6-13-8-9)11-10(12)5-3-7-14-11/h3,5,7,9,13H,2,4,6,8H2,1H3. The zero-order valence-corrected chi connectivity index (χ0v) is 10.5. The molecule has 1 aromatic heterocycles. The van der Waals surface area contributed by atoms with Crippen molar-refractivity contribution >= 4 is 21.7 Å². The van der Waals surface area contributed by atoms with Crippen molar-refractivity contribution in [3.63, 3.8) is 0 Å². The molecule has 1 aliphatic heterocycles. The Morgan fingerprint density at radius 3 is 3.13 bits per heavy atom. The molecule has 1 aliphatic rings. The molecule has 4 heteroatoms. The number of halogens is 1. The molecule has 1 fully saturated rings. The van der Waals surface area contributed by atoms with Gasteiger partial charge in [0, 0.05) is 25.8 Å². The normalized spacial score (nSPS) is 21.3. The molecule has 1 saturated heterocycles. The summed E-state index contributed by atoms with van der Waals surface area (Å²) in [7, 11) is 2.12. The molecule has 0 spiro atoms. The first-order valence-electron chi connectivity index (χ1n) is 5.33. The fraction of sp³-hybridized carbons (Fsp3) is 0.545. The minimum atomic E-state index is 0.560. The lowest BCUT2D eigenvalue weighted by atomic mass is 10.1. The number of aromatic nitrogens is 1. The average molecular weight is 270 g/mol. The van der Waals surface area contributed by atoms with Crippen molar-refractivity contribution in [3.8, 4) is 0 Å². The smallest absolute Gasteiger partial charge is 0.142 e. The van der Waals surface area contributed by atoms with Crippen LogP contribution in [0.15, 0.2) is 22.8 Å². The fourth-order valence-electron chi connectivity index (χ4n) is 1.97. The first kappa shape index (κ1) is 10.9. The van der Waals surface area contributed by atoms with Crippen LogP contribution in [-0.4, -0.2) is 31.2 Å². The Kier molecular flexibility index (Phi) is 3.59. The summed E-state index contributed by atoms with van der Waals surface area (Å²) >= 11 is 3.54. The Morgan fingerprint density at radius 1 is 1.60 bits per heavy atom. The Morgan fingerprint density at radius 2 is 2.47 bits per heavy atom. The quantitative estimate of drug-likeness (QED) is 0.891. The molecule has 15 heavy (non-hydrogen) atoms. The third kappa shape index (κ3) is 2.49. The van der Waals surface area contributed by atoms with E-state index in [0.29, 0.717) is 6.04 Å². The van der Waals surface area contributed by atoms with Crippen molar-refractivity contribution < 1.29 is 0 Å². The van der Waals surface area contributed by atoms with E-state index in [9.17, 15) is 0 Å². The SMILES string of the molecule is CN(c1ncccc1Br)C1CCCNC1. The Bertz CT molecular complexity index is 323. The molecule has 1 unspecified atom stereocenters. The molecular weight excluding hydrogens is 254 g/mol. The summed E-state index contributed by atoms with van der Waals surface area (Å²) in [6, 6.07) is 4.54. The van der Waals surface area contributed by atoms with E-state index in [1.54, 1.807) is 0 Å². The Labute approximate surface area is 99.0 Å². The van der Waals surface area contributed by atoms with Crippen LogP contribution in [-0.2, 0) is 0 Å². The molecule has 0 radical (unpaired) electrons. The van der Waals surface area contributed by atoms with Crippen molar-refractivity contribution in [3.05, 3.63) is 22.8 Å². The number of anilines is 1. The molecule has 0 saturated carbocycles. The van der Waals surface area contributed by atoms with E-state index in [0.717, 1.165) is 23.4 Å². The van der Waals surface area contributed by atoms with E-state index in [-0.39, 0.29) is 0 Å². The maximum absolute atomic E-state index is 4.40. The number of hydrogen-bond acceptors (Lipinski definition) is 3. The lowest BCUT2D eigenvalue weighted by molar-refractivity contribution is 0.443. The summed E-state index contributed by atoms with van der Waals surface area (Å²) in [4.78, 5) is 6.66. The number of pyridine rings is 1. The number of likely N-dealkylation sites (N-methyl/N-ethyl adjacent to an activating group) is 1. The van der Waals surface area contributed by atoms with Crippen LogP contribution < -0.4 is 10.2 Å². The van der Waals surface area contributed by atoms with Gasteiger partial charge < -0.3 is 10.2 Å². The average Bonchev–Trinajstić information content (AvgIpc) is 2.30. The highest BCUT2D eigenvalue weighted by Gasteiger charge is 2.19. The first-order chi connectivity index (χ1) is 7.29. The molecule has 82 valence electrons. The molecular formula is C11H16BrN3. The highest BCUT2D eigenvalue weighted by molar-refractivity contribution is 9.10. The monoisotopic (exact) mass is 269 g/mol. The van der Waals surface area contributed by atoms with Gasteiger partial charge in [0.15, 0.2) is 0 Å². The molecule has 0 bridgehead atoms. The summed E-state index contributed by atoms with van der Waals surface area (Å²) in [5, 5.41) is 3.42. The summed E-state index contributed by atoms with van der Waals surface area (Å²) in [5.41, 5.74) is 0. The van der Waals surface area contributed by atoms with Gasteiger partial charge in [0.25, 0.3) is 0 Å². The van der Waals surface area contributed by atoms with Crippen LogP contribution in [0.25, 0.3) is 0 Å². The zero-order chi connectivity index (χ0) is 10.7. The van der Waals surface area contributed by atoms with Crippen LogP contribution in [0, 0.1) is 0 Å². The van der Waals surface area contributed by atoms with Gasteiger partial charge in [-0.05, 0) is 47.4 Å². The highest BCUT2D eigenvalue weighted by Crippen LogP contribution is 2.24. The topological polar surface area (TPSA) is 28.2 Å². The summed E-state index contributed by atoms with van der Waals surface area (Å²) in [5.74, 6) is 1.03. The molecule has 0 amide bonds. The van der Waals surface area contributed by atoms with Crippen molar-refractivity contribution in [2.24, 2.45) is 0 Å².